The molecule has 6 nitrogen and oxygen atoms in total. The third-order valence-corrected chi connectivity index (χ3v) is 5.76. The van der Waals surface area contributed by atoms with Crippen molar-refractivity contribution in [2.24, 2.45) is 5.92 Å². The van der Waals surface area contributed by atoms with Gasteiger partial charge in [0.1, 0.15) is 0 Å². The molecule has 31 heavy (non-hydrogen) atoms. The van der Waals surface area contributed by atoms with E-state index in [1.54, 1.807) is 12.1 Å². The molecular weight excluding hydrogens is 432 g/mol. The number of benzene rings is 2. The van der Waals surface area contributed by atoms with Gasteiger partial charge in [0.15, 0.2) is 5.11 Å². The van der Waals surface area contributed by atoms with Crippen molar-refractivity contribution in [1.82, 2.24) is 10.2 Å². The fourth-order valence-corrected chi connectivity index (χ4v) is 4.05. The van der Waals surface area contributed by atoms with E-state index in [4.69, 9.17) is 23.8 Å². The molecule has 2 amide bonds. The van der Waals surface area contributed by atoms with Crippen LogP contribution in [0.2, 0.25) is 5.02 Å². The molecular formula is C23H27ClN4O2S. The highest BCUT2D eigenvalue weighted by molar-refractivity contribution is 7.80. The van der Waals surface area contributed by atoms with Gasteiger partial charge in [0.25, 0.3) is 5.91 Å². The zero-order chi connectivity index (χ0) is 22.5. The molecule has 0 aromatic heterocycles. The van der Waals surface area contributed by atoms with Crippen LogP contribution >= 0.6 is 23.8 Å². The van der Waals surface area contributed by atoms with E-state index in [2.05, 4.69) is 15.5 Å². The summed E-state index contributed by atoms with van der Waals surface area (Å²) in [6.45, 7) is 8.55. The molecule has 0 spiro atoms. The molecule has 2 aromatic rings. The number of thiocarbonyl (C=S) groups is 1. The van der Waals surface area contributed by atoms with Crippen molar-refractivity contribution in [2.45, 2.75) is 20.8 Å². The molecule has 0 radical (unpaired) electrons. The van der Waals surface area contributed by atoms with Crippen molar-refractivity contribution in [1.29, 1.82) is 0 Å². The molecule has 2 aromatic carbocycles. The molecule has 0 bridgehead atoms. The van der Waals surface area contributed by atoms with Gasteiger partial charge in [-0.25, -0.2) is 0 Å². The minimum atomic E-state index is -0.257. The van der Waals surface area contributed by atoms with Gasteiger partial charge >= 0.3 is 0 Å². The number of rotatable bonds is 4. The second-order valence-corrected chi connectivity index (χ2v) is 8.67. The Morgan fingerprint density at radius 2 is 1.74 bits per heavy atom. The fourth-order valence-electron chi connectivity index (χ4n) is 3.53. The smallest absolute Gasteiger partial charge is 0.257 e. The normalized spacial score (nSPS) is 13.8. The van der Waals surface area contributed by atoms with Crippen molar-refractivity contribution in [3.05, 3.63) is 58.6 Å². The van der Waals surface area contributed by atoms with E-state index < -0.39 is 0 Å². The molecule has 1 saturated heterocycles. The average Bonchev–Trinajstić information content (AvgIpc) is 2.73. The van der Waals surface area contributed by atoms with Gasteiger partial charge in [-0.2, -0.15) is 0 Å². The van der Waals surface area contributed by atoms with Crippen molar-refractivity contribution in [2.75, 3.05) is 36.4 Å². The van der Waals surface area contributed by atoms with Crippen LogP contribution in [0.3, 0.4) is 0 Å². The molecule has 1 aliphatic rings. The molecule has 3 rings (SSSR count). The minimum Gasteiger partial charge on any atom is -0.367 e. The van der Waals surface area contributed by atoms with Gasteiger partial charge in [-0.05, 0) is 49.0 Å². The Bertz CT molecular complexity index is 987. The van der Waals surface area contributed by atoms with Gasteiger partial charge < -0.3 is 15.1 Å². The van der Waals surface area contributed by atoms with Crippen LogP contribution in [0.1, 0.15) is 29.8 Å². The molecule has 0 atom stereocenters. The standard InChI is InChI=1S/C23H27ClN4O2S/c1-15(2)22(30)28-12-10-27(11-13-28)20-9-8-17(14-19(20)24)25-23(31)26-21(29)18-7-5-4-6-16(18)3/h4-9,14-15H,10-13H2,1-3H3,(H2,25,26,29,31). The number of hydrogen-bond acceptors (Lipinski definition) is 4. The summed E-state index contributed by atoms with van der Waals surface area (Å²) < 4.78 is 0. The van der Waals surface area contributed by atoms with Gasteiger partial charge in [-0.3, -0.25) is 14.9 Å². The maximum Gasteiger partial charge on any atom is 0.257 e. The van der Waals surface area contributed by atoms with Gasteiger partial charge in [0.05, 0.1) is 10.7 Å². The Balaban J connectivity index is 1.58. The van der Waals surface area contributed by atoms with Gasteiger partial charge in [0.2, 0.25) is 5.91 Å². The van der Waals surface area contributed by atoms with Crippen molar-refractivity contribution in [3.8, 4) is 0 Å². The summed E-state index contributed by atoms with van der Waals surface area (Å²) >= 11 is 11.8. The highest BCUT2D eigenvalue weighted by Gasteiger charge is 2.24. The molecule has 8 heteroatoms. The summed E-state index contributed by atoms with van der Waals surface area (Å²) in [4.78, 5) is 28.7. The molecule has 0 unspecified atom stereocenters. The quantitative estimate of drug-likeness (QED) is 0.676. The van der Waals surface area contributed by atoms with Crippen molar-refractivity contribution < 1.29 is 9.59 Å². The zero-order valence-corrected chi connectivity index (χ0v) is 19.5. The molecule has 1 aliphatic heterocycles. The predicted octanol–water partition coefficient (Wildman–Crippen LogP) is 4.08. The lowest BCUT2D eigenvalue weighted by molar-refractivity contribution is -0.134. The molecule has 0 saturated carbocycles. The van der Waals surface area contributed by atoms with E-state index in [0.717, 1.165) is 24.3 Å². The second-order valence-electron chi connectivity index (χ2n) is 7.86. The number of nitrogens with zero attached hydrogens (tertiary/aromatic N) is 2. The second kappa shape index (κ2) is 10.1. The lowest BCUT2D eigenvalue weighted by Gasteiger charge is -2.37. The predicted molar refractivity (Wildman–Crippen MR) is 130 cm³/mol. The number of halogens is 1. The Morgan fingerprint density at radius 3 is 2.35 bits per heavy atom. The molecule has 1 heterocycles. The Morgan fingerprint density at radius 1 is 1.06 bits per heavy atom. The van der Waals surface area contributed by atoms with Crippen LogP contribution in [-0.2, 0) is 4.79 Å². The van der Waals surface area contributed by atoms with Gasteiger partial charge in [-0.15, -0.1) is 0 Å². The van der Waals surface area contributed by atoms with Crippen LogP contribution in [-0.4, -0.2) is 48.0 Å². The highest BCUT2D eigenvalue weighted by Crippen LogP contribution is 2.30. The van der Waals surface area contributed by atoms with Crippen LogP contribution in [0.4, 0.5) is 11.4 Å². The van der Waals surface area contributed by atoms with E-state index in [0.29, 0.717) is 29.4 Å². The van der Waals surface area contributed by atoms with Gasteiger partial charge in [0, 0.05) is 43.3 Å². The Hall–Kier alpha value is -2.64. The summed E-state index contributed by atoms with van der Waals surface area (Å²) in [5.41, 5.74) is 3.07. The third kappa shape index (κ3) is 5.74. The first kappa shape index (κ1) is 23.0. The monoisotopic (exact) mass is 458 g/mol. The number of piperazine rings is 1. The molecule has 0 aliphatic carbocycles. The summed E-state index contributed by atoms with van der Waals surface area (Å²) in [5, 5.41) is 6.50. The number of anilines is 2. The zero-order valence-electron chi connectivity index (χ0n) is 17.9. The van der Waals surface area contributed by atoms with Crippen LogP contribution in [0, 0.1) is 12.8 Å². The number of carbonyl (C=O) groups is 2. The molecule has 1 fully saturated rings. The van der Waals surface area contributed by atoms with Crippen molar-refractivity contribution in [3.63, 3.8) is 0 Å². The fraction of sp³-hybridized carbons (Fsp3) is 0.348. The first-order valence-corrected chi connectivity index (χ1v) is 11.1. The van der Waals surface area contributed by atoms with Gasteiger partial charge in [-0.1, -0.05) is 43.6 Å². The van der Waals surface area contributed by atoms with E-state index in [1.165, 1.54) is 0 Å². The number of carbonyl (C=O) groups excluding carboxylic acids is 2. The highest BCUT2D eigenvalue weighted by atomic mass is 35.5. The van der Waals surface area contributed by atoms with E-state index in [1.807, 2.05) is 56.0 Å². The topological polar surface area (TPSA) is 64.7 Å². The lowest BCUT2D eigenvalue weighted by Crippen LogP contribution is -2.50. The number of amides is 2. The van der Waals surface area contributed by atoms with E-state index in [9.17, 15) is 9.59 Å². The summed E-state index contributed by atoms with van der Waals surface area (Å²) in [7, 11) is 0. The Kier molecular flexibility index (Phi) is 7.51. The van der Waals surface area contributed by atoms with Crippen LogP contribution in [0.5, 0.6) is 0 Å². The van der Waals surface area contributed by atoms with Crippen molar-refractivity contribution >= 4 is 52.1 Å². The first-order valence-electron chi connectivity index (χ1n) is 10.3. The Labute approximate surface area is 193 Å². The maximum atomic E-state index is 12.4. The van der Waals surface area contributed by atoms with Crippen LogP contribution in [0.15, 0.2) is 42.5 Å². The minimum absolute atomic E-state index is 0.00984. The number of aryl methyl sites for hydroxylation is 1. The maximum absolute atomic E-state index is 12.4. The number of nitrogens with one attached hydrogen (secondary N) is 2. The molecule has 2 N–H and O–H groups in total. The third-order valence-electron chi connectivity index (χ3n) is 5.25. The average molecular weight is 459 g/mol. The first-order chi connectivity index (χ1) is 14.8. The lowest BCUT2D eigenvalue weighted by atomic mass is 10.1. The summed E-state index contributed by atoms with van der Waals surface area (Å²) in [5.74, 6) is -0.0608. The molecule has 164 valence electrons. The number of hydrogen-bond donors (Lipinski definition) is 2. The van der Waals surface area contributed by atoms with E-state index in [-0.39, 0.29) is 22.8 Å². The van der Waals surface area contributed by atoms with E-state index >= 15 is 0 Å². The summed E-state index contributed by atoms with van der Waals surface area (Å²) in [6, 6.07) is 12.9. The SMILES string of the molecule is Cc1ccccc1C(=O)NC(=S)Nc1ccc(N2CCN(C(=O)C(C)C)CC2)c(Cl)c1. The van der Waals surface area contributed by atoms with Crippen LogP contribution < -0.4 is 15.5 Å². The van der Waals surface area contributed by atoms with Crippen LogP contribution in [0.25, 0.3) is 0 Å². The summed E-state index contributed by atoms with van der Waals surface area (Å²) in [6.07, 6.45) is 0. The largest absolute Gasteiger partial charge is 0.367 e.